The highest BCUT2D eigenvalue weighted by Gasteiger charge is 2.28. The maximum Gasteiger partial charge on any atom is 0.341 e. The summed E-state index contributed by atoms with van der Waals surface area (Å²) in [4.78, 5) is 27.0. The molecule has 1 aliphatic rings. The highest BCUT2D eigenvalue weighted by Crippen LogP contribution is 2.39. The number of esters is 1. The lowest BCUT2D eigenvalue weighted by atomic mass is 9.95. The van der Waals surface area contributed by atoms with Crippen LogP contribution < -0.4 is 10.1 Å². The number of carbonyl (C=O) groups excluding carboxylic acids is 2. The summed E-state index contributed by atoms with van der Waals surface area (Å²) in [5.74, 6) is -0.650. The number of amides is 1. The monoisotopic (exact) mass is 589 g/mol. The van der Waals surface area contributed by atoms with Crippen LogP contribution in [0.25, 0.3) is 6.08 Å². The van der Waals surface area contributed by atoms with Crippen LogP contribution in [0, 0.1) is 22.7 Å². The number of nitrogens with zero attached hydrogens (tertiary/aromatic N) is 2. The predicted molar refractivity (Wildman–Crippen MR) is 149 cm³/mol. The van der Waals surface area contributed by atoms with E-state index >= 15 is 0 Å². The molecule has 1 N–H and O–H groups in total. The van der Waals surface area contributed by atoms with Gasteiger partial charge in [-0.25, -0.2) is 4.79 Å². The van der Waals surface area contributed by atoms with Crippen LogP contribution in [0.2, 0.25) is 0 Å². The first kappa shape index (κ1) is 27.1. The van der Waals surface area contributed by atoms with Gasteiger partial charge in [0.1, 0.15) is 29.0 Å². The first-order valence-corrected chi connectivity index (χ1v) is 13.7. The van der Waals surface area contributed by atoms with Crippen LogP contribution >= 0.6 is 27.3 Å². The van der Waals surface area contributed by atoms with Gasteiger partial charge in [-0.1, -0.05) is 34.1 Å². The third-order valence-electron chi connectivity index (χ3n) is 6.04. The highest BCUT2D eigenvalue weighted by atomic mass is 79.9. The number of fused-ring (bicyclic) bond motifs is 1. The molecule has 0 bridgehead atoms. The van der Waals surface area contributed by atoms with Crippen molar-refractivity contribution < 1.29 is 19.1 Å². The van der Waals surface area contributed by atoms with E-state index in [1.807, 2.05) is 18.2 Å². The standard InChI is InChI=1S/C29H24BrN3O4S/c1-2-36-29(35)26-23-9-5-6-10-25(23)38-28(26)33-27(34)21(16-32)13-20-14-22(30)11-12-24(20)37-17-19-8-4-3-7-18(19)15-31/h3-4,7-8,11-14H,2,5-6,9-10,17H2,1H3,(H,33,34). The number of aryl methyl sites for hydroxylation is 1. The van der Waals surface area contributed by atoms with Crippen molar-refractivity contribution in [1.82, 2.24) is 0 Å². The molecule has 3 aromatic rings. The minimum Gasteiger partial charge on any atom is -0.488 e. The molecule has 0 spiro atoms. The van der Waals surface area contributed by atoms with E-state index in [4.69, 9.17) is 9.47 Å². The lowest BCUT2D eigenvalue weighted by molar-refractivity contribution is -0.112. The number of thiophene rings is 1. The van der Waals surface area contributed by atoms with E-state index in [1.165, 1.54) is 17.4 Å². The summed E-state index contributed by atoms with van der Waals surface area (Å²) >= 11 is 4.79. The molecule has 0 radical (unpaired) electrons. The van der Waals surface area contributed by atoms with Gasteiger partial charge in [0, 0.05) is 20.5 Å². The summed E-state index contributed by atoms with van der Waals surface area (Å²) in [5.41, 5.74) is 2.91. The van der Waals surface area contributed by atoms with Crippen LogP contribution in [0.1, 0.15) is 57.3 Å². The molecule has 0 saturated heterocycles. The van der Waals surface area contributed by atoms with Crippen LogP contribution in [0.4, 0.5) is 5.00 Å². The van der Waals surface area contributed by atoms with Crippen molar-refractivity contribution in [3.63, 3.8) is 0 Å². The molecule has 1 amide bonds. The van der Waals surface area contributed by atoms with E-state index in [2.05, 4.69) is 27.3 Å². The van der Waals surface area contributed by atoms with Crippen LogP contribution in [-0.2, 0) is 29.0 Å². The Morgan fingerprint density at radius 2 is 1.95 bits per heavy atom. The first-order chi connectivity index (χ1) is 18.4. The number of ether oxygens (including phenoxy) is 2. The van der Waals surface area contributed by atoms with Crippen molar-refractivity contribution in [3.05, 3.63) is 85.2 Å². The first-order valence-electron chi connectivity index (χ1n) is 12.1. The average Bonchev–Trinajstić information content (AvgIpc) is 3.29. The maximum absolute atomic E-state index is 13.2. The predicted octanol–water partition coefficient (Wildman–Crippen LogP) is 6.56. The third kappa shape index (κ3) is 6.13. The molecule has 4 rings (SSSR count). The number of nitriles is 2. The van der Waals surface area contributed by atoms with Crippen LogP contribution in [0.15, 0.2) is 52.5 Å². The number of rotatable bonds is 8. The molecule has 0 unspecified atom stereocenters. The van der Waals surface area contributed by atoms with E-state index in [1.54, 1.807) is 37.3 Å². The Labute approximate surface area is 233 Å². The lowest BCUT2D eigenvalue weighted by Gasteiger charge is -2.12. The van der Waals surface area contributed by atoms with E-state index in [0.717, 1.165) is 46.2 Å². The van der Waals surface area contributed by atoms with E-state index in [9.17, 15) is 20.1 Å². The molecule has 1 heterocycles. The van der Waals surface area contributed by atoms with Crippen LogP contribution in [-0.4, -0.2) is 18.5 Å². The van der Waals surface area contributed by atoms with E-state index in [-0.39, 0.29) is 18.8 Å². The smallest absolute Gasteiger partial charge is 0.341 e. The van der Waals surface area contributed by atoms with Crippen LogP contribution in [0.5, 0.6) is 5.75 Å². The van der Waals surface area contributed by atoms with E-state index < -0.39 is 11.9 Å². The van der Waals surface area contributed by atoms with E-state index in [0.29, 0.717) is 27.4 Å². The van der Waals surface area contributed by atoms with Crippen molar-refractivity contribution in [2.75, 3.05) is 11.9 Å². The Morgan fingerprint density at radius 3 is 2.71 bits per heavy atom. The zero-order valence-corrected chi connectivity index (χ0v) is 23.1. The number of halogens is 1. The van der Waals surface area contributed by atoms with Gasteiger partial charge in [0.2, 0.25) is 0 Å². The molecule has 38 heavy (non-hydrogen) atoms. The summed E-state index contributed by atoms with van der Waals surface area (Å²) in [5, 5.41) is 22.4. The number of carbonyl (C=O) groups is 2. The van der Waals surface area contributed by atoms with Crippen molar-refractivity contribution in [2.45, 2.75) is 39.2 Å². The Hall–Kier alpha value is -3.92. The summed E-state index contributed by atoms with van der Waals surface area (Å²) in [6.45, 7) is 2.11. The molecule has 2 aromatic carbocycles. The zero-order chi connectivity index (χ0) is 27.1. The second-order valence-electron chi connectivity index (χ2n) is 8.50. The van der Waals surface area contributed by atoms with Gasteiger partial charge in [-0.05, 0) is 68.5 Å². The molecular weight excluding hydrogens is 566 g/mol. The van der Waals surface area contributed by atoms with Gasteiger partial charge in [-0.3, -0.25) is 4.79 Å². The molecule has 0 fully saturated rings. The molecule has 0 atom stereocenters. The minimum absolute atomic E-state index is 0.143. The molecule has 9 heteroatoms. The number of hydrogen-bond acceptors (Lipinski definition) is 7. The Morgan fingerprint density at radius 1 is 1.16 bits per heavy atom. The van der Waals surface area contributed by atoms with Crippen molar-refractivity contribution in [3.8, 4) is 17.9 Å². The second-order valence-corrected chi connectivity index (χ2v) is 10.5. The largest absolute Gasteiger partial charge is 0.488 e. The number of anilines is 1. The molecule has 1 aromatic heterocycles. The Balaban J connectivity index is 1.61. The molecule has 0 saturated carbocycles. The molecule has 7 nitrogen and oxygen atoms in total. The van der Waals surface area contributed by atoms with Gasteiger partial charge in [0.15, 0.2) is 0 Å². The van der Waals surface area contributed by atoms with Crippen molar-refractivity contribution in [2.24, 2.45) is 0 Å². The maximum atomic E-state index is 13.2. The molecular formula is C29H24BrN3O4S. The fraction of sp³-hybridized carbons (Fsp3) is 0.241. The molecule has 0 aliphatic heterocycles. The second kappa shape index (κ2) is 12.6. The SMILES string of the molecule is CCOC(=O)c1c(NC(=O)C(C#N)=Cc2cc(Br)ccc2OCc2ccccc2C#N)sc2c1CCCC2. The fourth-order valence-corrected chi connectivity index (χ4v) is 5.87. The summed E-state index contributed by atoms with van der Waals surface area (Å²) in [6, 6.07) is 16.5. The number of hydrogen-bond donors (Lipinski definition) is 1. The summed E-state index contributed by atoms with van der Waals surface area (Å²) in [6.07, 6.45) is 5.04. The topological polar surface area (TPSA) is 112 Å². The average molecular weight is 590 g/mol. The number of benzene rings is 2. The molecule has 1 aliphatic carbocycles. The van der Waals surface area contributed by atoms with Crippen LogP contribution in [0.3, 0.4) is 0 Å². The van der Waals surface area contributed by atoms with Gasteiger partial charge in [0.05, 0.1) is 23.8 Å². The summed E-state index contributed by atoms with van der Waals surface area (Å²) in [7, 11) is 0. The van der Waals surface area contributed by atoms with Gasteiger partial charge in [0.25, 0.3) is 5.91 Å². The quantitative estimate of drug-likeness (QED) is 0.181. The fourth-order valence-electron chi connectivity index (χ4n) is 4.22. The summed E-state index contributed by atoms with van der Waals surface area (Å²) < 4.78 is 12.0. The Bertz CT molecular complexity index is 1500. The van der Waals surface area contributed by atoms with Crippen molar-refractivity contribution in [1.29, 1.82) is 10.5 Å². The minimum atomic E-state index is -0.627. The zero-order valence-electron chi connectivity index (χ0n) is 20.7. The third-order valence-corrected chi connectivity index (χ3v) is 7.74. The Kier molecular flexibility index (Phi) is 8.96. The highest BCUT2D eigenvalue weighted by molar-refractivity contribution is 9.10. The normalized spacial score (nSPS) is 12.6. The van der Waals surface area contributed by atoms with Gasteiger partial charge >= 0.3 is 5.97 Å². The van der Waals surface area contributed by atoms with Crippen molar-refractivity contribution >= 4 is 50.2 Å². The van der Waals surface area contributed by atoms with Gasteiger partial charge < -0.3 is 14.8 Å². The van der Waals surface area contributed by atoms with Gasteiger partial charge in [-0.2, -0.15) is 10.5 Å². The number of nitrogens with one attached hydrogen (secondary N) is 1. The lowest BCUT2D eigenvalue weighted by Crippen LogP contribution is -2.16. The van der Waals surface area contributed by atoms with Gasteiger partial charge in [-0.15, -0.1) is 11.3 Å². The molecule has 192 valence electrons.